The van der Waals surface area contributed by atoms with Gasteiger partial charge in [-0.15, -0.1) is 11.3 Å². The van der Waals surface area contributed by atoms with Gasteiger partial charge >= 0.3 is 0 Å². The van der Waals surface area contributed by atoms with Crippen LogP contribution in [-0.2, 0) is 11.3 Å². The summed E-state index contributed by atoms with van der Waals surface area (Å²) in [7, 11) is 1.67. The number of anilines is 1. The lowest BCUT2D eigenvalue weighted by Crippen LogP contribution is -2.14. The summed E-state index contributed by atoms with van der Waals surface area (Å²) in [5.74, 6) is -0.0646. The van der Waals surface area contributed by atoms with Gasteiger partial charge in [-0.1, -0.05) is 31.4 Å². The zero-order valence-corrected chi connectivity index (χ0v) is 16.6. The molecule has 1 fully saturated rings. The second kappa shape index (κ2) is 7.82. The van der Waals surface area contributed by atoms with Crippen LogP contribution in [0.4, 0.5) is 5.69 Å². The van der Waals surface area contributed by atoms with Crippen LogP contribution in [0.1, 0.15) is 59.1 Å². The molecule has 4 rings (SSSR count). The van der Waals surface area contributed by atoms with Crippen molar-refractivity contribution in [2.24, 2.45) is 0 Å². The number of nitrogens with one attached hydrogen (secondary N) is 1. The van der Waals surface area contributed by atoms with Crippen LogP contribution >= 0.6 is 11.3 Å². The van der Waals surface area contributed by atoms with Gasteiger partial charge in [-0.3, -0.25) is 9.48 Å². The van der Waals surface area contributed by atoms with Crippen molar-refractivity contribution < 1.29 is 9.53 Å². The highest BCUT2D eigenvalue weighted by Gasteiger charge is 2.22. The number of methoxy groups -OCH3 is 1. The zero-order valence-electron chi connectivity index (χ0n) is 15.8. The van der Waals surface area contributed by atoms with E-state index in [1.807, 2.05) is 37.3 Å². The molecule has 1 N–H and O–H groups in total. The number of thiophene rings is 1. The molecule has 1 aliphatic carbocycles. The first-order valence-corrected chi connectivity index (χ1v) is 10.3. The number of rotatable bonds is 5. The highest BCUT2D eigenvalue weighted by atomic mass is 32.1. The topological polar surface area (TPSA) is 56.1 Å². The fourth-order valence-corrected chi connectivity index (χ4v) is 4.93. The van der Waals surface area contributed by atoms with Gasteiger partial charge in [0.05, 0.1) is 23.2 Å². The van der Waals surface area contributed by atoms with Crippen molar-refractivity contribution in [1.29, 1.82) is 0 Å². The molecular formula is C21H25N3O2S. The van der Waals surface area contributed by atoms with Crippen molar-refractivity contribution in [2.75, 3.05) is 12.4 Å². The third kappa shape index (κ3) is 3.77. The van der Waals surface area contributed by atoms with Gasteiger partial charge in [0.2, 0.25) is 0 Å². The van der Waals surface area contributed by atoms with E-state index >= 15 is 0 Å². The van der Waals surface area contributed by atoms with Crippen molar-refractivity contribution in [2.45, 2.75) is 51.7 Å². The van der Waals surface area contributed by atoms with E-state index < -0.39 is 0 Å². The highest BCUT2D eigenvalue weighted by Crippen LogP contribution is 2.35. The molecule has 142 valence electrons. The summed E-state index contributed by atoms with van der Waals surface area (Å²) in [6, 6.07) is 10.2. The first-order valence-electron chi connectivity index (χ1n) is 9.53. The normalized spacial score (nSPS) is 15.3. The molecule has 1 saturated carbocycles. The molecule has 0 aliphatic heterocycles. The number of benzene rings is 1. The second-order valence-corrected chi connectivity index (χ2v) is 8.27. The summed E-state index contributed by atoms with van der Waals surface area (Å²) < 4.78 is 7.29. The van der Waals surface area contributed by atoms with Crippen LogP contribution < -0.4 is 5.32 Å². The summed E-state index contributed by atoms with van der Waals surface area (Å²) in [5, 5.41) is 8.87. The lowest BCUT2D eigenvalue weighted by atomic mass is 9.96. The molecule has 1 amide bonds. The molecule has 3 aromatic rings. The molecule has 5 nitrogen and oxygen atoms in total. The maximum absolute atomic E-state index is 12.7. The van der Waals surface area contributed by atoms with Gasteiger partial charge in [0.25, 0.3) is 5.91 Å². The predicted molar refractivity (Wildman–Crippen MR) is 110 cm³/mol. The number of hydrogen-bond acceptors (Lipinski definition) is 4. The van der Waals surface area contributed by atoms with E-state index in [0.29, 0.717) is 12.6 Å². The van der Waals surface area contributed by atoms with Gasteiger partial charge in [0.15, 0.2) is 0 Å². The number of nitrogens with zero attached hydrogens (tertiary/aromatic N) is 2. The second-order valence-electron chi connectivity index (χ2n) is 7.24. The van der Waals surface area contributed by atoms with Crippen LogP contribution in [-0.4, -0.2) is 22.8 Å². The first kappa shape index (κ1) is 18.2. The van der Waals surface area contributed by atoms with Crippen LogP contribution in [0.3, 0.4) is 0 Å². The third-order valence-electron chi connectivity index (χ3n) is 5.24. The number of amides is 1. The molecule has 6 heteroatoms. The molecule has 1 aromatic carbocycles. The minimum Gasteiger partial charge on any atom is -0.380 e. The Kier molecular flexibility index (Phi) is 5.27. The van der Waals surface area contributed by atoms with E-state index in [-0.39, 0.29) is 5.91 Å². The predicted octanol–water partition coefficient (Wildman–Crippen LogP) is 5.31. The Balaban J connectivity index is 1.55. The SMILES string of the molecule is COCc1ccc(NC(=O)c2cc3c(C)nn(C4CCCCC4)c3s2)cc1. The maximum atomic E-state index is 12.7. The molecule has 0 saturated heterocycles. The average Bonchev–Trinajstić information content (AvgIpc) is 3.25. The van der Waals surface area contributed by atoms with Crippen molar-refractivity contribution >= 4 is 33.1 Å². The van der Waals surface area contributed by atoms with E-state index in [1.54, 1.807) is 18.4 Å². The number of ether oxygens (including phenoxy) is 1. The molecule has 27 heavy (non-hydrogen) atoms. The Bertz CT molecular complexity index is 936. The summed E-state index contributed by atoms with van der Waals surface area (Å²) >= 11 is 1.55. The molecule has 0 radical (unpaired) electrons. The van der Waals surface area contributed by atoms with Crippen molar-refractivity contribution in [1.82, 2.24) is 9.78 Å². The van der Waals surface area contributed by atoms with Gasteiger partial charge < -0.3 is 10.1 Å². The molecule has 0 unspecified atom stereocenters. The monoisotopic (exact) mass is 383 g/mol. The lowest BCUT2D eigenvalue weighted by molar-refractivity contribution is 0.103. The van der Waals surface area contributed by atoms with Crippen molar-refractivity contribution in [3.8, 4) is 0 Å². The summed E-state index contributed by atoms with van der Waals surface area (Å²) in [6.07, 6.45) is 6.22. The first-order chi connectivity index (χ1) is 13.2. The quantitative estimate of drug-likeness (QED) is 0.649. The van der Waals surface area contributed by atoms with E-state index in [1.165, 1.54) is 32.1 Å². The Labute approximate surface area is 163 Å². The van der Waals surface area contributed by atoms with E-state index in [0.717, 1.165) is 32.0 Å². The fraction of sp³-hybridized carbons (Fsp3) is 0.429. The number of carbonyl (C=O) groups excluding carboxylic acids is 1. The van der Waals surface area contributed by atoms with E-state index in [2.05, 4.69) is 10.00 Å². The molecule has 1 aliphatic rings. The molecule has 2 aromatic heterocycles. The van der Waals surface area contributed by atoms with Gasteiger partial charge in [-0.2, -0.15) is 5.10 Å². The largest absolute Gasteiger partial charge is 0.380 e. The van der Waals surface area contributed by atoms with E-state index in [9.17, 15) is 4.79 Å². The van der Waals surface area contributed by atoms with Crippen LogP contribution in [0.5, 0.6) is 0 Å². The molecule has 2 heterocycles. The lowest BCUT2D eigenvalue weighted by Gasteiger charge is -2.22. The average molecular weight is 384 g/mol. The Hall–Kier alpha value is -2.18. The van der Waals surface area contributed by atoms with Crippen LogP contribution in [0.15, 0.2) is 30.3 Å². The van der Waals surface area contributed by atoms with Gasteiger partial charge in [0, 0.05) is 18.2 Å². The number of aromatic nitrogens is 2. The van der Waals surface area contributed by atoms with Gasteiger partial charge in [-0.05, 0) is 43.5 Å². The van der Waals surface area contributed by atoms with Crippen molar-refractivity contribution in [3.63, 3.8) is 0 Å². The number of fused-ring (bicyclic) bond motifs is 1. The molecule has 0 spiro atoms. The fourth-order valence-electron chi connectivity index (χ4n) is 3.80. The van der Waals surface area contributed by atoms with Crippen LogP contribution in [0, 0.1) is 6.92 Å². The Morgan fingerprint density at radius 2 is 2.00 bits per heavy atom. The standard InChI is InChI=1S/C21H25N3O2S/c1-14-18-12-19(20(25)22-16-10-8-15(9-11-16)13-26-2)27-21(18)24(23-14)17-6-4-3-5-7-17/h8-12,17H,3-7,13H2,1-2H3,(H,22,25). The smallest absolute Gasteiger partial charge is 0.265 e. The van der Waals surface area contributed by atoms with E-state index in [4.69, 9.17) is 9.84 Å². The minimum atomic E-state index is -0.0646. The van der Waals surface area contributed by atoms with Gasteiger partial charge in [0.1, 0.15) is 4.83 Å². The Morgan fingerprint density at radius 1 is 1.26 bits per heavy atom. The number of carbonyl (C=O) groups is 1. The number of hydrogen-bond donors (Lipinski definition) is 1. The summed E-state index contributed by atoms with van der Waals surface area (Å²) in [4.78, 5) is 14.6. The van der Waals surface area contributed by atoms with Gasteiger partial charge in [-0.25, -0.2) is 0 Å². The summed E-state index contributed by atoms with van der Waals surface area (Å²) in [6.45, 7) is 2.60. The maximum Gasteiger partial charge on any atom is 0.265 e. The third-order valence-corrected chi connectivity index (χ3v) is 6.36. The zero-order chi connectivity index (χ0) is 18.8. The number of aryl methyl sites for hydroxylation is 1. The Morgan fingerprint density at radius 3 is 2.70 bits per heavy atom. The molecule has 0 atom stereocenters. The molecule has 0 bridgehead atoms. The van der Waals surface area contributed by atoms with Crippen LogP contribution in [0.2, 0.25) is 0 Å². The highest BCUT2D eigenvalue weighted by molar-refractivity contribution is 7.20. The van der Waals surface area contributed by atoms with Crippen LogP contribution in [0.25, 0.3) is 10.2 Å². The minimum absolute atomic E-state index is 0.0646. The summed E-state index contributed by atoms with van der Waals surface area (Å²) in [5.41, 5.74) is 2.89. The van der Waals surface area contributed by atoms with Crippen molar-refractivity contribution in [3.05, 3.63) is 46.5 Å². The molecular weight excluding hydrogens is 358 g/mol.